The maximum atomic E-state index is 10.5. The van der Waals surface area contributed by atoms with Crippen LogP contribution in [0, 0.1) is 0 Å². The Morgan fingerprint density at radius 1 is 1.29 bits per heavy atom. The molecule has 0 fully saturated rings. The maximum Gasteiger partial charge on any atom is 0.322 e. The van der Waals surface area contributed by atoms with E-state index in [0.29, 0.717) is 6.42 Å². The van der Waals surface area contributed by atoms with E-state index in [1.807, 2.05) is 30.3 Å². The molecule has 0 bridgehead atoms. The largest absolute Gasteiger partial charge is 0.480 e. The average molecular weight is 194 g/mol. The lowest BCUT2D eigenvalue weighted by atomic mass is 10.0. The summed E-state index contributed by atoms with van der Waals surface area (Å²) >= 11 is 0. The highest BCUT2D eigenvalue weighted by atomic mass is 16.4. The van der Waals surface area contributed by atoms with Crippen LogP contribution >= 0.6 is 0 Å². The summed E-state index contributed by atoms with van der Waals surface area (Å²) in [5, 5.41) is 8.63. The van der Waals surface area contributed by atoms with Crippen LogP contribution in [0.4, 0.5) is 0 Å². The number of rotatable bonds is 4. The summed E-state index contributed by atoms with van der Waals surface area (Å²) in [6.07, 6.45) is 0.480. The molecule has 0 heterocycles. The molecule has 5 N–H and O–H groups in total. The summed E-state index contributed by atoms with van der Waals surface area (Å²) in [4.78, 5) is 10.5. The van der Waals surface area contributed by atoms with Crippen molar-refractivity contribution in [3.05, 3.63) is 35.9 Å². The summed E-state index contributed by atoms with van der Waals surface area (Å²) < 4.78 is 0. The van der Waals surface area contributed by atoms with E-state index in [2.05, 4.69) is 0 Å². The minimum absolute atomic E-state index is 0.480. The fourth-order valence-electron chi connectivity index (χ4n) is 1.20. The van der Waals surface area contributed by atoms with Crippen molar-refractivity contribution in [1.29, 1.82) is 0 Å². The van der Waals surface area contributed by atoms with Gasteiger partial charge in [0.05, 0.1) is 0 Å². The van der Waals surface area contributed by atoms with Crippen LogP contribution in [0.5, 0.6) is 0 Å². The van der Waals surface area contributed by atoms with Gasteiger partial charge in [-0.15, -0.1) is 0 Å². The Labute approximate surface area is 82.5 Å². The first-order valence-corrected chi connectivity index (χ1v) is 4.39. The van der Waals surface area contributed by atoms with Crippen molar-refractivity contribution in [1.82, 2.24) is 0 Å². The second kappa shape index (κ2) is 4.74. The second-order valence-electron chi connectivity index (χ2n) is 3.22. The first kappa shape index (κ1) is 10.7. The molecule has 4 heteroatoms. The van der Waals surface area contributed by atoms with Gasteiger partial charge in [-0.2, -0.15) is 0 Å². The van der Waals surface area contributed by atoms with Gasteiger partial charge in [-0.25, -0.2) is 0 Å². The smallest absolute Gasteiger partial charge is 0.322 e. The van der Waals surface area contributed by atoms with Crippen LogP contribution in [0.3, 0.4) is 0 Å². The fraction of sp³-hybridized carbons (Fsp3) is 0.300. The molecule has 0 aromatic heterocycles. The number of nitrogens with two attached hydrogens (primary N) is 2. The van der Waals surface area contributed by atoms with Crippen LogP contribution in [0.2, 0.25) is 0 Å². The zero-order valence-corrected chi connectivity index (χ0v) is 7.76. The Balaban J connectivity index is 2.57. The minimum Gasteiger partial charge on any atom is -0.480 e. The highest BCUT2D eigenvalue weighted by molar-refractivity contribution is 5.74. The van der Waals surface area contributed by atoms with Gasteiger partial charge in [0.25, 0.3) is 0 Å². The molecule has 76 valence electrons. The van der Waals surface area contributed by atoms with Crippen molar-refractivity contribution in [3.8, 4) is 0 Å². The lowest BCUT2D eigenvalue weighted by Crippen LogP contribution is -2.48. The van der Waals surface area contributed by atoms with Gasteiger partial charge in [-0.05, 0) is 12.0 Å². The Bertz CT molecular complexity index is 300. The van der Waals surface area contributed by atoms with E-state index < -0.39 is 18.1 Å². The third-order valence-corrected chi connectivity index (χ3v) is 2.06. The number of carboxylic acid groups (broad SMARTS) is 1. The third kappa shape index (κ3) is 2.83. The number of benzene rings is 1. The van der Waals surface area contributed by atoms with Crippen LogP contribution in [0.25, 0.3) is 0 Å². The molecule has 0 amide bonds. The lowest BCUT2D eigenvalue weighted by molar-refractivity contribution is -0.139. The fourth-order valence-corrected chi connectivity index (χ4v) is 1.20. The minimum atomic E-state index is -1.06. The van der Waals surface area contributed by atoms with Crippen LogP contribution in [-0.4, -0.2) is 23.2 Å². The number of aliphatic carboxylic acids is 1. The van der Waals surface area contributed by atoms with E-state index >= 15 is 0 Å². The third-order valence-electron chi connectivity index (χ3n) is 2.06. The molecular formula is C10H14N2O2. The number of hydrogen-bond acceptors (Lipinski definition) is 3. The van der Waals surface area contributed by atoms with Crippen LogP contribution in [0.15, 0.2) is 30.3 Å². The summed E-state index contributed by atoms with van der Waals surface area (Å²) in [5.41, 5.74) is 12.0. The van der Waals surface area contributed by atoms with Crippen LogP contribution < -0.4 is 11.5 Å². The van der Waals surface area contributed by atoms with Gasteiger partial charge in [0.2, 0.25) is 0 Å². The predicted molar refractivity (Wildman–Crippen MR) is 53.7 cm³/mol. The van der Waals surface area contributed by atoms with E-state index in [-0.39, 0.29) is 0 Å². The second-order valence-corrected chi connectivity index (χ2v) is 3.22. The van der Waals surface area contributed by atoms with Gasteiger partial charge in [0, 0.05) is 6.04 Å². The summed E-state index contributed by atoms with van der Waals surface area (Å²) in [6.45, 7) is 0. The Morgan fingerprint density at radius 3 is 2.36 bits per heavy atom. The summed E-state index contributed by atoms with van der Waals surface area (Å²) in [5.74, 6) is -1.06. The van der Waals surface area contributed by atoms with Gasteiger partial charge in [0.1, 0.15) is 6.04 Å². The number of carboxylic acids is 1. The molecule has 2 atom stereocenters. The molecule has 0 aliphatic heterocycles. The standard InChI is InChI=1S/C10H14N2O2/c11-8(9(12)10(13)14)6-7-4-2-1-3-5-7/h1-5,8-9H,6,11-12H2,(H,13,14)/t8-,9-/m1/s1. The normalized spacial score (nSPS) is 14.7. The molecule has 1 aromatic rings. The van der Waals surface area contributed by atoms with Crippen molar-refractivity contribution >= 4 is 5.97 Å². The monoisotopic (exact) mass is 194 g/mol. The molecule has 0 spiro atoms. The first-order valence-electron chi connectivity index (χ1n) is 4.39. The zero-order valence-electron chi connectivity index (χ0n) is 7.76. The molecule has 0 unspecified atom stereocenters. The van der Waals surface area contributed by atoms with Crippen molar-refractivity contribution in [2.75, 3.05) is 0 Å². The number of hydrogen-bond donors (Lipinski definition) is 3. The molecule has 0 saturated carbocycles. The Kier molecular flexibility index (Phi) is 3.62. The maximum absolute atomic E-state index is 10.5. The van der Waals surface area contributed by atoms with E-state index in [4.69, 9.17) is 16.6 Å². The van der Waals surface area contributed by atoms with Crippen molar-refractivity contribution in [3.63, 3.8) is 0 Å². The van der Waals surface area contributed by atoms with Gasteiger partial charge in [-0.3, -0.25) is 4.79 Å². The highest BCUT2D eigenvalue weighted by Crippen LogP contribution is 2.03. The van der Waals surface area contributed by atoms with Gasteiger partial charge >= 0.3 is 5.97 Å². The van der Waals surface area contributed by atoms with Crippen molar-refractivity contribution in [2.24, 2.45) is 11.5 Å². The van der Waals surface area contributed by atoms with E-state index in [1.165, 1.54) is 0 Å². The van der Waals surface area contributed by atoms with E-state index in [9.17, 15) is 4.79 Å². The molecule has 0 saturated heterocycles. The summed E-state index contributed by atoms with van der Waals surface area (Å²) in [6, 6.07) is 7.91. The van der Waals surface area contributed by atoms with Gasteiger partial charge < -0.3 is 16.6 Å². The Hall–Kier alpha value is -1.39. The summed E-state index contributed by atoms with van der Waals surface area (Å²) in [7, 11) is 0. The molecule has 4 nitrogen and oxygen atoms in total. The van der Waals surface area contributed by atoms with Crippen molar-refractivity contribution < 1.29 is 9.90 Å². The van der Waals surface area contributed by atoms with Gasteiger partial charge in [-0.1, -0.05) is 30.3 Å². The van der Waals surface area contributed by atoms with Gasteiger partial charge in [0.15, 0.2) is 0 Å². The van der Waals surface area contributed by atoms with Crippen LogP contribution in [-0.2, 0) is 11.2 Å². The Morgan fingerprint density at radius 2 is 1.86 bits per heavy atom. The highest BCUT2D eigenvalue weighted by Gasteiger charge is 2.20. The quantitative estimate of drug-likeness (QED) is 0.627. The lowest BCUT2D eigenvalue weighted by Gasteiger charge is -2.15. The molecular weight excluding hydrogens is 180 g/mol. The molecule has 0 aliphatic rings. The first-order chi connectivity index (χ1) is 6.61. The van der Waals surface area contributed by atoms with Crippen LogP contribution in [0.1, 0.15) is 5.56 Å². The molecule has 0 radical (unpaired) electrons. The van der Waals surface area contributed by atoms with E-state index in [1.54, 1.807) is 0 Å². The van der Waals surface area contributed by atoms with E-state index in [0.717, 1.165) is 5.56 Å². The van der Waals surface area contributed by atoms with Crippen molar-refractivity contribution in [2.45, 2.75) is 18.5 Å². The molecule has 1 aromatic carbocycles. The molecule has 1 rings (SSSR count). The number of carbonyl (C=O) groups is 1. The molecule has 14 heavy (non-hydrogen) atoms. The SMILES string of the molecule is N[C@H](Cc1ccccc1)[C@@H](N)C(=O)O. The topological polar surface area (TPSA) is 89.3 Å². The zero-order chi connectivity index (χ0) is 10.6. The predicted octanol–water partition coefficient (Wildman–Crippen LogP) is -0.0317. The average Bonchev–Trinajstić information content (AvgIpc) is 2.18. The molecule has 0 aliphatic carbocycles.